The SMILES string of the molecule is CC(C)C(C)(CN)NC(=O)c1ccc(NC(=O)c2ccccc2)cc1.Cl. The van der Waals surface area contributed by atoms with Crippen molar-refractivity contribution in [3.8, 4) is 0 Å². The predicted octanol–water partition coefficient (Wildman–Crippen LogP) is 3.46. The number of rotatable bonds is 6. The summed E-state index contributed by atoms with van der Waals surface area (Å²) in [7, 11) is 0. The second kappa shape index (κ2) is 9.36. The van der Waals surface area contributed by atoms with Gasteiger partial charge >= 0.3 is 0 Å². The van der Waals surface area contributed by atoms with Crippen molar-refractivity contribution in [1.82, 2.24) is 5.32 Å². The van der Waals surface area contributed by atoms with E-state index >= 15 is 0 Å². The zero-order valence-electron chi connectivity index (χ0n) is 15.3. The highest BCUT2D eigenvalue weighted by Crippen LogP contribution is 2.17. The number of benzene rings is 2. The number of halogens is 1. The molecule has 6 heteroatoms. The molecule has 4 N–H and O–H groups in total. The van der Waals surface area contributed by atoms with Crippen molar-refractivity contribution in [2.24, 2.45) is 11.7 Å². The van der Waals surface area contributed by atoms with Crippen LogP contribution in [0.25, 0.3) is 0 Å². The van der Waals surface area contributed by atoms with Crippen LogP contribution in [0.2, 0.25) is 0 Å². The topological polar surface area (TPSA) is 84.2 Å². The number of amides is 2. The number of hydrogen-bond acceptors (Lipinski definition) is 3. The largest absolute Gasteiger partial charge is 0.345 e. The summed E-state index contributed by atoms with van der Waals surface area (Å²) in [6.07, 6.45) is 0. The quantitative estimate of drug-likeness (QED) is 0.722. The van der Waals surface area contributed by atoms with Gasteiger partial charge in [-0.25, -0.2) is 0 Å². The second-order valence-corrected chi connectivity index (χ2v) is 6.63. The maximum absolute atomic E-state index is 12.4. The van der Waals surface area contributed by atoms with Crippen LogP contribution in [0.1, 0.15) is 41.5 Å². The normalized spacial score (nSPS) is 12.7. The van der Waals surface area contributed by atoms with E-state index in [4.69, 9.17) is 5.73 Å². The third kappa shape index (κ3) is 5.31. The summed E-state index contributed by atoms with van der Waals surface area (Å²) >= 11 is 0. The number of nitrogens with one attached hydrogen (secondary N) is 2. The number of hydrogen-bond donors (Lipinski definition) is 3. The molecule has 0 aromatic heterocycles. The minimum absolute atomic E-state index is 0. The van der Waals surface area contributed by atoms with Crippen molar-refractivity contribution in [1.29, 1.82) is 0 Å². The fraction of sp³-hybridized carbons (Fsp3) is 0.300. The van der Waals surface area contributed by atoms with Crippen LogP contribution in [0.15, 0.2) is 54.6 Å². The van der Waals surface area contributed by atoms with Gasteiger partial charge in [0, 0.05) is 23.4 Å². The zero-order chi connectivity index (χ0) is 18.4. The lowest BCUT2D eigenvalue weighted by Gasteiger charge is -2.33. The van der Waals surface area contributed by atoms with Crippen molar-refractivity contribution < 1.29 is 9.59 Å². The Bertz CT molecular complexity index is 732. The maximum Gasteiger partial charge on any atom is 0.255 e. The molecule has 0 heterocycles. The number of carbonyl (C=O) groups excluding carboxylic acids is 2. The van der Waals surface area contributed by atoms with Gasteiger partial charge in [-0.05, 0) is 49.2 Å². The molecule has 0 saturated heterocycles. The van der Waals surface area contributed by atoms with Crippen LogP contribution < -0.4 is 16.4 Å². The maximum atomic E-state index is 12.4. The molecule has 0 radical (unpaired) electrons. The van der Waals surface area contributed by atoms with E-state index in [1.807, 2.05) is 39.0 Å². The molecule has 0 aliphatic rings. The van der Waals surface area contributed by atoms with Crippen LogP contribution in [0.3, 0.4) is 0 Å². The standard InChI is InChI=1S/C20H25N3O2.ClH/c1-14(2)20(3,13-21)23-19(25)16-9-11-17(12-10-16)22-18(24)15-7-5-4-6-8-15;/h4-12,14H,13,21H2,1-3H3,(H,22,24)(H,23,25);1H. The molecule has 2 rings (SSSR count). The molecule has 1 unspecified atom stereocenters. The summed E-state index contributed by atoms with van der Waals surface area (Å²) in [5.74, 6) is -0.151. The van der Waals surface area contributed by atoms with Crippen molar-refractivity contribution in [3.63, 3.8) is 0 Å². The number of anilines is 1. The van der Waals surface area contributed by atoms with E-state index in [1.165, 1.54) is 0 Å². The highest BCUT2D eigenvalue weighted by Gasteiger charge is 2.28. The zero-order valence-corrected chi connectivity index (χ0v) is 16.1. The number of carbonyl (C=O) groups is 2. The van der Waals surface area contributed by atoms with Crippen LogP contribution in [0.5, 0.6) is 0 Å². The van der Waals surface area contributed by atoms with Crippen LogP contribution in [0.4, 0.5) is 5.69 Å². The summed E-state index contributed by atoms with van der Waals surface area (Å²) in [5.41, 5.74) is 7.09. The molecule has 2 aromatic carbocycles. The molecular formula is C20H26ClN3O2. The third-order valence-corrected chi connectivity index (χ3v) is 4.54. The lowest BCUT2D eigenvalue weighted by atomic mass is 9.88. The van der Waals surface area contributed by atoms with Gasteiger partial charge in [0.1, 0.15) is 0 Å². The first-order valence-corrected chi connectivity index (χ1v) is 8.35. The number of nitrogens with two attached hydrogens (primary N) is 1. The highest BCUT2D eigenvalue weighted by molar-refractivity contribution is 6.04. The first kappa shape index (κ1) is 21.7. The van der Waals surface area contributed by atoms with E-state index < -0.39 is 5.54 Å². The predicted molar refractivity (Wildman–Crippen MR) is 108 cm³/mol. The molecule has 5 nitrogen and oxygen atoms in total. The van der Waals surface area contributed by atoms with E-state index in [0.717, 1.165) is 0 Å². The Kier molecular flexibility index (Phi) is 7.80. The van der Waals surface area contributed by atoms with Gasteiger partial charge in [0.2, 0.25) is 0 Å². The van der Waals surface area contributed by atoms with Crippen LogP contribution >= 0.6 is 12.4 Å². The Morgan fingerprint density at radius 1 is 0.962 bits per heavy atom. The van der Waals surface area contributed by atoms with Crippen molar-refractivity contribution in [2.45, 2.75) is 26.3 Å². The minimum atomic E-state index is -0.461. The molecule has 2 aromatic rings. The molecule has 0 aliphatic heterocycles. The molecule has 1 atom stereocenters. The van der Waals surface area contributed by atoms with E-state index in [2.05, 4.69) is 10.6 Å². The average molecular weight is 376 g/mol. The van der Waals surface area contributed by atoms with E-state index in [-0.39, 0.29) is 30.1 Å². The Balaban J connectivity index is 0.00000338. The minimum Gasteiger partial charge on any atom is -0.345 e. The summed E-state index contributed by atoms with van der Waals surface area (Å²) in [6.45, 7) is 6.34. The fourth-order valence-electron chi connectivity index (χ4n) is 2.26. The van der Waals surface area contributed by atoms with E-state index in [9.17, 15) is 9.59 Å². The van der Waals surface area contributed by atoms with Gasteiger partial charge in [0.05, 0.1) is 5.54 Å². The van der Waals surface area contributed by atoms with Gasteiger partial charge < -0.3 is 16.4 Å². The smallest absolute Gasteiger partial charge is 0.255 e. The first-order chi connectivity index (χ1) is 11.9. The third-order valence-electron chi connectivity index (χ3n) is 4.54. The van der Waals surface area contributed by atoms with Gasteiger partial charge in [-0.1, -0.05) is 32.0 Å². The molecule has 0 bridgehead atoms. The van der Waals surface area contributed by atoms with Crippen LogP contribution in [0, 0.1) is 5.92 Å². The lowest BCUT2D eigenvalue weighted by molar-refractivity contribution is 0.0883. The van der Waals surface area contributed by atoms with E-state index in [0.29, 0.717) is 23.4 Å². The van der Waals surface area contributed by atoms with E-state index in [1.54, 1.807) is 36.4 Å². The Labute approximate surface area is 160 Å². The Hall–Kier alpha value is -2.37. The van der Waals surface area contributed by atoms with Crippen LogP contribution in [-0.2, 0) is 0 Å². The molecule has 0 fully saturated rings. The highest BCUT2D eigenvalue weighted by atomic mass is 35.5. The molecule has 140 valence electrons. The Morgan fingerprint density at radius 3 is 2.00 bits per heavy atom. The fourth-order valence-corrected chi connectivity index (χ4v) is 2.26. The molecule has 0 saturated carbocycles. The van der Waals surface area contributed by atoms with Crippen molar-refractivity contribution in [2.75, 3.05) is 11.9 Å². The summed E-state index contributed by atoms with van der Waals surface area (Å²) in [5, 5.41) is 5.80. The molecular weight excluding hydrogens is 350 g/mol. The van der Waals surface area contributed by atoms with Gasteiger partial charge in [-0.3, -0.25) is 9.59 Å². The summed E-state index contributed by atoms with van der Waals surface area (Å²) in [6, 6.07) is 15.8. The lowest BCUT2D eigenvalue weighted by Crippen LogP contribution is -2.55. The van der Waals surface area contributed by atoms with Crippen molar-refractivity contribution >= 4 is 29.9 Å². The molecule has 0 spiro atoms. The Morgan fingerprint density at radius 2 is 1.50 bits per heavy atom. The second-order valence-electron chi connectivity index (χ2n) is 6.63. The van der Waals surface area contributed by atoms with Crippen LogP contribution in [-0.4, -0.2) is 23.9 Å². The van der Waals surface area contributed by atoms with Gasteiger partial charge in [-0.15, -0.1) is 12.4 Å². The molecule has 2 amide bonds. The van der Waals surface area contributed by atoms with Gasteiger partial charge in [0.25, 0.3) is 11.8 Å². The van der Waals surface area contributed by atoms with Crippen molar-refractivity contribution in [3.05, 3.63) is 65.7 Å². The first-order valence-electron chi connectivity index (χ1n) is 8.35. The molecule has 0 aliphatic carbocycles. The monoisotopic (exact) mass is 375 g/mol. The van der Waals surface area contributed by atoms with Gasteiger partial charge in [-0.2, -0.15) is 0 Å². The average Bonchev–Trinajstić information content (AvgIpc) is 2.62. The molecule has 26 heavy (non-hydrogen) atoms. The van der Waals surface area contributed by atoms with Gasteiger partial charge in [0.15, 0.2) is 0 Å². The summed E-state index contributed by atoms with van der Waals surface area (Å²) < 4.78 is 0. The summed E-state index contributed by atoms with van der Waals surface area (Å²) in [4.78, 5) is 24.6.